The predicted octanol–water partition coefficient (Wildman–Crippen LogP) is 0.857. The lowest BCUT2D eigenvalue weighted by molar-refractivity contribution is -0.122. The van der Waals surface area contributed by atoms with E-state index in [1.807, 2.05) is 13.8 Å². The highest BCUT2D eigenvalue weighted by Gasteiger charge is 2.34. The molecule has 3 N–H and O–H groups in total. The molecule has 0 radical (unpaired) electrons. The fourth-order valence-electron chi connectivity index (χ4n) is 2.41. The minimum atomic E-state index is -0.243. The second kappa shape index (κ2) is 4.94. The van der Waals surface area contributed by atoms with Crippen LogP contribution in [-0.4, -0.2) is 41.5 Å². The van der Waals surface area contributed by atoms with Crippen LogP contribution >= 0.6 is 0 Å². The molecule has 1 unspecified atom stereocenters. The van der Waals surface area contributed by atoms with E-state index in [1.54, 1.807) is 0 Å². The van der Waals surface area contributed by atoms with Gasteiger partial charge >= 0.3 is 0 Å². The Hall–Kier alpha value is -0.610. The highest BCUT2D eigenvalue weighted by molar-refractivity contribution is 5.76. The quantitative estimate of drug-likeness (QED) is 0.748. The molecule has 1 heterocycles. The maximum absolute atomic E-state index is 11.8. The monoisotopic (exact) mass is 239 g/mol. The molecule has 4 nitrogen and oxygen atoms in total. The summed E-state index contributed by atoms with van der Waals surface area (Å²) in [5, 5.41) is 3.13. The maximum atomic E-state index is 11.8. The molecule has 1 amide bonds. The van der Waals surface area contributed by atoms with Crippen molar-refractivity contribution in [2.75, 3.05) is 13.1 Å². The summed E-state index contributed by atoms with van der Waals surface area (Å²) in [5.41, 5.74) is 5.63. The van der Waals surface area contributed by atoms with Crippen molar-refractivity contribution in [3.63, 3.8) is 0 Å². The summed E-state index contributed by atoms with van der Waals surface area (Å²) < 4.78 is 0. The summed E-state index contributed by atoms with van der Waals surface area (Å²) in [4.78, 5) is 14.3. The van der Waals surface area contributed by atoms with E-state index in [-0.39, 0.29) is 11.4 Å². The molecule has 1 saturated carbocycles. The highest BCUT2D eigenvalue weighted by Crippen LogP contribution is 2.29. The Morgan fingerprint density at radius 2 is 2.12 bits per heavy atom. The third-order valence-electron chi connectivity index (χ3n) is 3.64. The van der Waals surface area contributed by atoms with E-state index < -0.39 is 0 Å². The van der Waals surface area contributed by atoms with Crippen molar-refractivity contribution in [3.05, 3.63) is 0 Å². The van der Waals surface area contributed by atoms with Gasteiger partial charge in [0.15, 0.2) is 0 Å². The second-order valence-electron chi connectivity index (χ2n) is 6.27. The third kappa shape index (κ3) is 4.28. The van der Waals surface area contributed by atoms with Gasteiger partial charge in [-0.3, -0.25) is 9.69 Å². The van der Waals surface area contributed by atoms with Gasteiger partial charge in [0.05, 0.1) is 0 Å². The zero-order valence-electron chi connectivity index (χ0n) is 11.0. The number of nitrogens with zero attached hydrogens (tertiary/aromatic N) is 1. The standard InChI is InChI=1S/C13H25N3O/c1-13(2,14)7-5-12(17)15-10-6-8-16(9-10)11-3-4-11/h10-11H,3-9,14H2,1-2H3,(H,15,17). The number of rotatable bonds is 5. The van der Waals surface area contributed by atoms with E-state index >= 15 is 0 Å². The molecule has 0 spiro atoms. The van der Waals surface area contributed by atoms with Crippen LogP contribution in [0.15, 0.2) is 0 Å². The van der Waals surface area contributed by atoms with Crippen molar-refractivity contribution in [1.82, 2.24) is 10.2 Å². The number of amides is 1. The molecule has 2 rings (SSSR count). The summed E-state index contributed by atoms with van der Waals surface area (Å²) in [7, 11) is 0. The summed E-state index contributed by atoms with van der Waals surface area (Å²) in [5.74, 6) is 0.158. The molecule has 2 aliphatic rings. The van der Waals surface area contributed by atoms with Crippen LogP contribution in [0.4, 0.5) is 0 Å². The molecule has 0 bridgehead atoms. The third-order valence-corrected chi connectivity index (χ3v) is 3.64. The van der Waals surface area contributed by atoms with Crippen molar-refractivity contribution >= 4 is 5.91 Å². The molecule has 0 aromatic heterocycles. The van der Waals surface area contributed by atoms with Gasteiger partial charge in [0.2, 0.25) is 5.91 Å². The van der Waals surface area contributed by atoms with Crippen molar-refractivity contribution < 1.29 is 4.79 Å². The van der Waals surface area contributed by atoms with Crippen LogP contribution in [0, 0.1) is 0 Å². The van der Waals surface area contributed by atoms with Gasteiger partial charge in [-0.15, -0.1) is 0 Å². The predicted molar refractivity (Wildman–Crippen MR) is 68.6 cm³/mol. The largest absolute Gasteiger partial charge is 0.352 e. The van der Waals surface area contributed by atoms with Crippen molar-refractivity contribution in [2.45, 2.75) is 63.6 Å². The molecule has 0 aromatic carbocycles. The lowest BCUT2D eigenvalue weighted by Gasteiger charge is -2.19. The Morgan fingerprint density at radius 3 is 2.71 bits per heavy atom. The van der Waals surface area contributed by atoms with Crippen molar-refractivity contribution in [3.8, 4) is 0 Å². The zero-order chi connectivity index (χ0) is 12.5. The minimum Gasteiger partial charge on any atom is -0.352 e. The SMILES string of the molecule is CC(C)(N)CCC(=O)NC1CCN(C2CC2)C1. The molecule has 98 valence electrons. The molecule has 1 saturated heterocycles. The van der Waals surface area contributed by atoms with E-state index in [4.69, 9.17) is 5.73 Å². The Bertz CT molecular complexity index is 281. The van der Waals surface area contributed by atoms with Crippen molar-refractivity contribution in [2.24, 2.45) is 5.73 Å². The van der Waals surface area contributed by atoms with Gasteiger partial charge in [-0.2, -0.15) is 0 Å². The van der Waals surface area contributed by atoms with Crippen LogP contribution in [0.2, 0.25) is 0 Å². The summed E-state index contributed by atoms with van der Waals surface area (Å²) in [6, 6.07) is 1.18. The molecule has 1 aliphatic heterocycles. The van der Waals surface area contributed by atoms with Gasteiger partial charge in [-0.25, -0.2) is 0 Å². The number of nitrogens with one attached hydrogen (secondary N) is 1. The normalized spacial score (nSPS) is 26.2. The molecule has 4 heteroatoms. The molecule has 0 aromatic rings. The van der Waals surface area contributed by atoms with Gasteiger partial charge < -0.3 is 11.1 Å². The first-order valence-corrected chi connectivity index (χ1v) is 6.76. The lowest BCUT2D eigenvalue weighted by Crippen LogP contribution is -2.39. The van der Waals surface area contributed by atoms with E-state index in [0.29, 0.717) is 12.5 Å². The van der Waals surface area contributed by atoms with Gasteiger partial charge in [-0.1, -0.05) is 0 Å². The number of carbonyl (C=O) groups is 1. The number of nitrogens with two attached hydrogens (primary N) is 1. The number of likely N-dealkylation sites (tertiary alicyclic amines) is 1. The Balaban J connectivity index is 1.65. The average molecular weight is 239 g/mol. The topological polar surface area (TPSA) is 58.4 Å². The van der Waals surface area contributed by atoms with Crippen LogP contribution in [0.1, 0.15) is 46.0 Å². The van der Waals surface area contributed by atoms with Gasteiger partial charge in [0.25, 0.3) is 0 Å². The maximum Gasteiger partial charge on any atom is 0.220 e. The molecule has 1 aliphatic carbocycles. The first-order valence-electron chi connectivity index (χ1n) is 6.76. The fourth-order valence-corrected chi connectivity index (χ4v) is 2.41. The fraction of sp³-hybridized carbons (Fsp3) is 0.923. The smallest absolute Gasteiger partial charge is 0.220 e. The number of carbonyl (C=O) groups excluding carboxylic acids is 1. The number of hydrogen-bond donors (Lipinski definition) is 2. The molecular weight excluding hydrogens is 214 g/mol. The summed E-state index contributed by atoms with van der Waals surface area (Å²) >= 11 is 0. The first kappa shape index (κ1) is 12.8. The zero-order valence-corrected chi connectivity index (χ0v) is 11.0. The minimum absolute atomic E-state index is 0.158. The summed E-state index contributed by atoms with van der Waals surface area (Å²) in [6.07, 6.45) is 5.10. The molecule has 1 atom stereocenters. The highest BCUT2D eigenvalue weighted by atomic mass is 16.1. The van der Waals surface area contributed by atoms with E-state index in [1.165, 1.54) is 12.8 Å². The Labute approximate surface area is 104 Å². The first-order chi connectivity index (χ1) is 7.94. The van der Waals surface area contributed by atoms with E-state index in [9.17, 15) is 4.79 Å². The lowest BCUT2D eigenvalue weighted by atomic mass is 10.00. The second-order valence-corrected chi connectivity index (χ2v) is 6.27. The van der Waals surface area contributed by atoms with Crippen LogP contribution < -0.4 is 11.1 Å². The van der Waals surface area contributed by atoms with Gasteiger partial charge in [0.1, 0.15) is 0 Å². The molecule has 17 heavy (non-hydrogen) atoms. The summed E-state index contributed by atoms with van der Waals surface area (Å²) in [6.45, 7) is 6.12. The number of hydrogen-bond acceptors (Lipinski definition) is 3. The molecular formula is C13H25N3O. The van der Waals surface area contributed by atoms with Crippen LogP contribution in [0.5, 0.6) is 0 Å². The van der Waals surface area contributed by atoms with E-state index in [2.05, 4.69) is 10.2 Å². The van der Waals surface area contributed by atoms with Gasteiger partial charge in [0, 0.05) is 37.1 Å². The van der Waals surface area contributed by atoms with Crippen LogP contribution in [0.25, 0.3) is 0 Å². The van der Waals surface area contributed by atoms with Gasteiger partial charge in [-0.05, 0) is 39.5 Å². The Morgan fingerprint density at radius 1 is 1.41 bits per heavy atom. The van der Waals surface area contributed by atoms with Crippen molar-refractivity contribution in [1.29, 1.82) is 0 Å². The molecule has 2 fully saturated rings. The average Bonchev–Trinajstić information content (AvgIpc) is 2.97. The van der Waals surface area contributed by atoms with Crippen LogP contribution in [0.3, 0.4) is 0 Å². The Kier molecular flexibility index (Phi) is 3.73. The van der Waals surface area contributed by atoms with Crippen LogP contribution in [-0.2, 0) is 4.79 Å². The van der Waals surface area contributed by atoms with E-state index in [0.717, 1.165) is 32.0 Å².